The minimum Gasteiger partial charge on any atom is -0.360 e. The van der Waals surface area contributed by atoms with Crippen molar-refractivity contribution in [1.82, 2.24) is 10.6 Å². The van der Waals surface area contributed by atoms with Gasteiger partial charge in [-0.15, -0.1) is 0 Å². The van der Waals surface area contributed by atoms with Gasteiger partial charge in [-0.05, 0) is 24.2 Å². The third-order valence-electron chi connectivity index (χ3n) is 3.01. The van der Waals surface area contributed by atoms with Gasteiger partial charge in [0.25, 0.3) is 0 Å². The van der Waals surface area contributed by atoms with E-state index in [1.807, 2.05) is 0 Å². The Bertz CT molecular complexity index is 436. The summed E-state index contributed by atoms with van der Waals surface area (Å²) in [6, 6.07) is 6.27. The van der Waals surface area contributed by atoms with Crippen LogP contribution in [0.4, 0.5) is 5.69 Å². The summed E-state index contributed by atoms with van der Waals surface area (Å²) in [6.45, 7) is 5.94. The molecule has 1 heterocycles. The first-order chi connectivity index (χ1) is 8.70. The van der Waals surface area contributed by atoms with E-state index in [1.54, 1.807) is 0 Å². The number of nitrogens with one attached hydrogen (secondary N) is 2. The minimum absolute atomic E-state index is 0.0918. The van der Waals surface area contributed by atoms with Crippen LogP contribution in [-0.2, 0) is 11.3 Å². The van der Waals surface area contributed by atoms with Gasteiger partial charge in [-0.2, -0.15) is 0 Å². The molecule has 4 nitrogen and oxygen atoms in total. The standard InChI is InChI=1S/C13H18BrN3O/c1-2-15-8-10-3-4-11(7-12(10)14)17-6-5-16-13(18)9-17/h3-4,7,15H,2,5-6,8-9H2,1H3,(H,16,18). The number of amides is 1. The summed E-state index contributed by atoms with van der Waals surface area (Å²) in [5, 5.41) is 6.14. The molecule has 18 heavy (non-hydrogen) atoms. The third-order valence-corrected chi connectivity index (χ3v) is 3.74. The first-order valence-electron chi connectivity index (χ1n) is 6.21. The van der Waals surface area contributed by atoms with Crippen LogP contribution in [0.15, 0.2) is 22.7 Å². The number of hydrogen-bond acceptors (Lipinski definition) is 3. The molecule has 0 aromatic heterocycles. The van der Waals surface area contributed by atoms with Gasteiger partial charge in [-0.1, -0.05) is 28.9 Å². The van der Waals surface area contributed by atoms with Crippen molar-refractivity contribution in [2.45, 2.75) is 13.5 Å². The van der Waals surface area contributed by atoms with Gasteiger partial charge in [0.15, 0.2) is 0 Å². The second kappa shape index (κ2) is 6.20. The quantitative estimate of drug-likeness (QED) is 0.885. The zero-order valence-corrected chi connectivity index (χ0v) is 12.1. The van der Waals surface area contributed by atoms with Crippen molar-refractivity contribution >= 4 is 27.5 Å². The number of hydrogen-bond donors (Lipinski definition) is 2. The molecule has 5 heteroatoms. The molecule has 1 aromatic rings. The van der Waals surface area contributed by atoms with Crippen molar-refractivity contribution in [1.29, 1.82) is 0 Å². The lowest BCUT2D eigenvalue weighted by Crippen LogP contribution is -2.47. The van der Waals surface area contributed by atoms with Crippen LogP contribution < -0.4 is 15.5 Å². The van der Waals surface area contributed by atoms with Crippen molar-refractivity contribution in [3.63, 3.8) is 0 Å². The van der Waals surface area contributed by atoms with Gasteiger partial charge < -0.3 is 15.5 Å². The number of carbonyl (C=O) groups is 1. The lowest BCUT2D eigenvalue weighted by atomic mass is 10.2. The Morgan fingerprint density at radius 2 is 2.33 bits per heavy atom. The number of piperazine rings is 1. The predicted octanol–water partition coefficient (Wildman–Crippen LogP) is 1.49. The SMILES string of the molecule is CCNCc1ccc(N2CCNC(=O)C2)cc1Br. The molecule has 1 aromatic carbocycles. The topological polar surface area (TPSA) is 44.4 Å². The highest BCUT2D eigenvalue weighted by molar-refractivity contribution is 9.10. The normalized spacial score (nSPS) is 15.7. The van der Waals surface area contributed by atoms with E-state index in [2.05, 4.69) is 56.6 Å². The molecule has 1 aliphatic rings. The highest BCUT2D eigenvalue weighted by Gasteiger charge is 2.16. The minimum atomic E-state index is 0.0918. The van der Waals surface area contributed by atoms with Crippen LogP contribution >= 0.6 is 15.9 Å². The smallest absolute Gasteiger partial charge is 0.239 e. The Balaban J connectivity index is 2.10. The molecule has 0 unspecified atom stereocenters. The molecule has 98 valence electrons. The van der Waals surface area contributed by atoms with Gasteiger partial charge in [0, 0.05) is 29.8 Å². The van der Waals surface area contributed by atoms with Gasteiger partial charge in [0.05, 0.1) is 6.54 Å². The molecule has 1 amide bonds. The maximum absolute atomic E-state index is 11.4. The van der Waals surface area contributed by atoms with Gasteiger partial charge in [-0.3, -0.25) is 4.79 Å². The lowest BCUT2D eigenvalue weighted by molar-refractivity contribution is -0.120. The van der Waals surface area contributed by atoms with Gasteiger partial charge in [0.1, 0.15) is 0 Å². The highest BCUT2D eigenvalue weighted by atomic mass is 79.9. The zero-order chi connectivity index (χ0) is 13.0. The van der Waals surface area contributed by atoms with Crippen LogP contribution in [0.3, 0.4) is 0 Å². The number of anilines is 1. The van der Waals surface area contributed by atoms with E-state index in [0.29, 0.717) is 6.54 Å². The van der Waals surface area contributed by atoms with E-state index in [0.717, 1.165) is 36.3 Å². The molecule has 1 saturated heterocycles. The number of rotatable bonds is 4. The number of carbonyl (C=O) groups excluding carboxylic acids is 1. The molecule has 0 spiro atoms. The van der Waals surface area contributed by atoms with Gasteiger partial charge in [0.2, 0.25) is 5.91 Å². The summed E-state index contributed by atoms with van der Waals surface area (Å²) in [4.78, 5) is 13.5. The molecule has 0 radical (unpaired) electrons. The summed E-state index contributed by atoms with van der Waals surface area (Å²) in [5.41, 5.74) is 2.33. The van der Waals surface area contributed by atoms with Crippen LogP contribution in [0.5, 0.6) is 0 Å². The highest BCUT2D eigenvalue weighted by Crippen LogP contribution is 2.24. The molecule has 0 saturated carbocycles. The molecule has 1 fully saturated rings. The summed E-state index contributed by atoms with van der Waals surface area (Å²) >= 11 is 3.59. The van der Waals surface area contributed by atoms with E-state index >= 15 is 0 Å². The Morgan fingerprint density at radius 1 is 1.50 bits per heavy atom. The van der Waals surface area contributed by atoms with Crippen molar-refractivity contribution in [2.24, 2.45) is 0 Å². The molecular weight excluding hydrogens is 294 g/mol. The van der Waals surface area contributed by atoms with Gasteiger partial charge in [-0.25, -0.2) is 0 Å². The summed E-state index contributed by atoms with van der Waals surface area (Å²) in [7, 11) is 0. The molecule has 0 aliphatic carbocycles. The van der Waals surface area contributed by atoms with E-state index < -0.39 is 0 Å². The second-order valence-corrected chi connectivity index (χ2v) is 5.18. The van der Waals surface area contributed by atoms with E-state index in [1.165, 1.54) is 5.56 Å². The van der Waals surface area contributed by atoms with Crippen molar-refractivity contribution in [2.75, 3.05) is 31.1 Å². The second-order valence-electron chi connectivity index (χ2n) is 4.33. The maximum atomic E-state index is 11.4. The Kier molecular flexibility index (Phi) is 4.60. The van der Waals surface area contributed by atoms with Crippen LogP contribution in [0, 0.1) is 0 Å². The van der Waals surface area contributed by atoms with Crippen molar-refractivity contribution in [3.8, 4) is 0 Å². The molecule has 2 N–H and O–H groups in total. The fourth-order valence-electron chi connectivity index (χ4n) is 1.99. The fourth-order valence-corrected chi connectivity index (χ4v) is 2.50. The number of halogens is 1. The van der Waals surface area contributed by atoms with Crippen LogP contribution in [0.1, 0.15) is 12.5 Å². The first-order valence-corrected chi connectivity index (χ1v) is 7.01. The molecule has 0 bridgehead atoms. The van der Waals surface area contributed by atoms with Crippen LogP contribution in [-0.4, -0.2) is 32.1 Å². The van der Waals surface area contributed by atoms with Crippen LogP contribution in [0.25, 0.3) is 0 Å². The largest absolute Gasteiger partial charge is 0.360 e. The average Bonchev–Trinajstić information content (AvgIpc) is 2.37. The molecule has 1 aliphatic heterocycles. The summed E-state index contributed by atoms with van der Waals surface area (Å²) in [6.07, 6.45) is 0. The maximum Gasteiger partial charge on any atom is 0.239 e. The van der Waals surface area contributed by atoms with Crippen LogP contribution in [0.2, 0.25) is 0 Å². The fraction of sp³-hybridized carbons (Fsp3) is 0.462. The molecule has 0 atom stereocenters. The van der Waals surface area contributed by atoms with Crippen molar-refractivity contribution < 1.29 is 4.79 Å². The predicted molar refractivity (Wildman–Crippen MR) is 76.7 cm³/mol. The van der Waals surface area contributed by atoms with E-state index in [4.69, 9.17) is 0 Å². The van der Waals surface area contributed by atoms with E-state index in [9.17, 15) is 4.79 Å². The number of nitrogens with zero attached hydrogens (tertiary/aromatic N) is 1. The molecular formula is C13H18BrN3O. The van der Waals surface area contributed by atoms with Gasteiger partial charge >= 0.3 is 0 Å². The Hall–Kier alpha value is -1.07. The third kappa shape index (κ3) is 3.23. The zero-order valence-electron chi connectivity index (χ0n) is 10.5. The Labute approximate surface area is 116 Å². The molecule has 2 rings (SSSR count). The first kappa shape index (κ1) is 13.4. The van der Waals surface area contributed by atoms with E-state index in [-0.39, 0.29) is 5.91 Å². The Morgan fingerprint density at radius 3 is 3.00 bits per heavy atom. The van der Waals surface area contributed by atoms with Crippen molar-refractivity contribution in [3.05, 3.63) is 28.2 Å². The number of benzene rings is 1. The monoisotopic (exact) mass is 311 g/mol. The summed E-state index contributed by atoms with van der Waals surface area (Å²) < 4.78 is 1.09. The summed E-state index contributed by atoms with van der Waals surface area (Å²) in [5.74, 6) is 0.0918. The lowest BCUT2D eigenvalue weighted by Gasteiger charge is -2.29. The average molecular weight is 312 g/mol.